The molecule has 0 fully saturated rings. The maximum absolute atomic E-state index is 10.8. The molecule has 7 heteroatoms. The van der Waals surface area contributed by atoms with Gasteiger partial charge < -0.3 is 15.2 Å². The van der Waals surface area contributed by atoms with Crippen LogP contribution in [0.15, 0.2) is 12.3 Å². The van der Waals surface area contributed by atoms with Crippen molar-refractivity contribution in [3.63, 3.8) is 0 Å². The number of ether oxygens (including phenoxy) is 1. The molecule has 1 atom stereocenters. The lowest BCUT2D eigenvalue weighted by atomic mass is 10.0. The maximum Gasteiger partial charge on any atom is 0.277 e. The Morgan fingerprint density at radius 2 is 2.32 bits per heavy atom. The van der Waals surface area contributed by atoms with E-state index in [9.17, 15) is 15.2 Å². The zero-order valence-electron chi connectivity index (χ0n) is 11.3. The van der Waals surface area contributed by atoms with E-state index in [2.05, 4.69) is 10.3 Å². The summed E-state index contributed by atoms with van der Waals surface area (Å²) in [4.78, 5) is 14.4. The molecule has 1 aromatic rings. The lowest BCUT2D eigenvalue weighted by molar-refractivity contribution is -0.385. The number of pyridine rings is 1. The molecule has 0 amide bonds. The van der Waals surface area contributed by atoms with Gasteiger partial charge >= 0.3 is 0 Å². The average Bonchev–Trinajstić information content (AvgIpc) is 2.35. The van der Waals surface area contributed by atoms with Gasteiger partial charge in [-0.05, 0) is 13.8 Å². The number of nitrogens with one attached hydrogen (secondary N) is 1. The summed E-state index contributed by atoms with van der Waals surface area (Å²) in [5, 5.41) is 23.7. The van der Waals surface area contributed by atoms with Crippen LogP contribution < -0.4 is 5.32 Å². The molecule has 2 N–H and O–H groups in total. The van der Waals surface area contributed by atoms with Gasteiger partial charge in [-0.3, -0.25) is 10.1 Å². The fourth-order valence-corrected chi connectivity index (χ4v) is 1.50. The standard InChI is InChI=1S/C12H19N3O4/c1-9-7-13-11(6-10(9)15(17)18)14-8-12(2,16)4-5-19-3/h6-7,16H,4-5,8H2,1-3H3,(H,13,14). The van der Waals surface area contributed by atoms with Gasteiger partial charge in [-0.2, -0.15) is 0 Å². The molecule has 0 spiro atoms. The second-order valence-corrected chi connectivity index (χ2v) is 4.71. The molecule has 0 saturated carbocycles. The third-order valence-corrected chi connectivity index (χ3v) is 2.77. The summed E-state index contributed by atoms with van der Waals surface area (Å²) in [6, 6.07) is 1.36. The molecule has 0 aromatic carbocycles. The number of aromatic nitrogens is 1. The largest absolute Gasteiger partial charge is 0.388 e. The zero-order valence-corrected chi connectivity index (χ0v) is 11.3. The normalized spacial score (nSPS) is 13.9. The van der Waals surface area contributed by atoms with Crippen LogP contribution in [0.3, 0.4) is 0 Å². The number of nitrogens with zero attached hydrogens (tertiary/aromatic N) is 2. The topological polar surface area (TPSA) is 97.5 Å². The first kappa shape index (κ1) is 15.3. The van der Waals surface area contributed by atoms with E-state index in [0.717, 1.165) is 0 Å². The number of rotatable bonds is 7. The average molecular weight is 269 g/mol. The van der Waals surface area contributed by atoms with Gasteiger partial charge in [0.1, 0.15) is 5.82 Å². The van der Waals surface area contributed by atoms with Crippen molar-refractivity contribution in [1.29, 1.82) is 0 Å². The van der Waals surface area contributed by atoms with E-state index >= 15 is 0 Å². The molecule has 19 heavy (non-hydrogen) atoms. The Bertz CT molecular complexity index is 449. The van der Waals surface area contributed by atoms with Crippen molar-refractivity contribution in [2.75, 3.05) is 25.6 Å². The molecule has 0 bridgehead atoms. The Balaban J connectivity index is 2.68. The number of hydrogen-bond donors (Lipinski definition) is 2. The van der Waals surface area contributed by atoms with E-state index in [1.54, 1.807) is 21.0 Å². The molecule has 0 radical (unpaired) electrons. The van der Waals surface area contributed by atoms with Crippen molar-refractivity contribution in [1.82, 2.24) is 4.98 Å². The Labute approximate surface area is 111 Å². The van der Waals surface area contributed by atoms with Crippen LogP contribution in [0.1, 0.15) is 18.9 Å². The van der Waals surface area contributed by atoms with Crippen molar-refractivity contribution in [3.05, 3.63) is 27.9 Å². The van der Waals surface area contributed by atoms with Crippen molar-refractivity contribution < 1.29 is 14.8 Å². The number of nitro groups is 1. The molecule has 1 rings (SSSR count). The van der Waals surface area contributed by atoms with Gasteiger partial charge in [0.2, 0.25) is 0 Å². The third-order valence-electron chi connectivity index (χ3n) is 2.77. The summed E-state index contributed by atoms with van der Waals surface area (Å²) in [6.07, 6.45) is 1.90. The van der Waals surface area contributed by atoms with Crippen LogP contribution >= 0.6 is 0 Å². The predicted molar refractivity (Wildman–Crippen MR) is 71.2 cm³/mol. The molecule has 0 saturated heterocycles. The number of hydrogen-bond acceptors (Lipinski definition) is 6. The van der Waals surface area contributed by atoms with E-state index in [-0.39, 0.29) is 12.2 Å². The van der Waals surface area contributed by atoms with E-state index in [1.807, 2.05) is 0 Å². The zero-order chi connectivity index (χ0) is 14.5. The SMILES string of the molecule is COCCC(C)(O)CNc1cc([N+](=O)[O-])c(C)cn1. The number of aryl methyl sites for hydroxylation is 1. The number of methoxy groups -OCH3 is 1. The summed E-state index contributed by atoms with van der Waals surface area (Å²) >= 11 is 0. The molecule has 0 aliphatic heterocycles. The first-order valence-corrected chi connectivity index (χ1v) is 5.92. The quantitative estimate of drug-likeness (QED) is 0.575. The third kappa shape index (κ3) is 4.80. The molecule has 0 aliphatic rings. The second-order valence-electron chi connectivity index (χ2n) is 4.71. The minimum absolute atomic E-state index is 0.00837. The fraction of sp³-hybridized carbons (Fsp3) is 0.583. The minimum atomic E-state index is -0.961. The van der Waals surface area contributed by atoms with Crippen molar-refractivity contribution in [2.24, 2.45) is 0 Å². The summed E-state index contributed by atoms with van der Waals surface area (Å²) in [5.41, 5.74) is -0.451. The molecule has 1 heterocycles. The van der Waals surface area contributed by atoms with Crippen molar-refractivity contribution >= 4 is 11.5 Å². The van der Waals surface area contributed by atoms with Crippen LogP contribution in [-0.2, 0) is 4.74 Å². The highest BCUT2D eigenvalue weighted by Crippen LogP contribution is 2.20. The van der Waals surface area contributed by atoms with Gasteiger partial charge in [0, 0.05) is 38.4 Å². The Kier molecular flexibility index (Phi) is 5.20. The first-order chi connectivity index (χ1) is 8.85. The first-order valence-electron chi connectivity index (χ1n) is 5.92. The Morgan fingerprint density at radius 3 is 2.89 bits per heavy atom. The van der Waals surface area contributed by atoms with Gasteiger partial charge in [0.05, 0.1) is 16.6 Å². The molecule has 1 aromatic heterocycles. The van der Waals surface area contributed by atoms with E-state index in [0.29, 0.717) is 24.4 Å². The number of anilines is 1. The van der Waals surface area contributed by atoms with Crippen LogP contribution in [0.4, 0.5) is 11.5 Å². The van der Waals surface area contributed by atoms with E-state index < -0.39 is 10.5 Å². The minimum Gasteiger partial charge on any atom is -0.388 e. The second kappa shape index (κ2) is 6.44. The van der Waals surface area contributed by atoms with Gasteiger partial charge in [0.25, 0.3) is 5.69 Å². The highest BCUT2D eigenvalue weighted by atomic mass is 16.6. The molecular weight excluding hydrogens is 250 g/mol. The summed E-state index contributed by atoms with van der Waals surface area (Å²) in [6.45, 7) is 3.98. The van der Waals surface area contributed by atoms with Crippen LogP contribution in [-0.4, -0.2) is 40.9 Å². The number of aliphatic hydroxyl groups is 1. The molecule has 1 unspecified atom stereocenters. The Morgan fingerprint density at radius 1 is 1.63 bits per heavy atom. The lowest BCUT2D eigenvalue weighted by Gasteiger charge is -2.23. The van der Waals surface area contributed by atoms with Gasteiger partial charge in [-0.1, -0.05) is 0 Å². The van der Waals surface area contributed by atoms with Gasteiger partial charge in [-0.25, -0.2) is 4.98 Å². The van der Waals surface area contributed by atoms with E-state index in [4.69, 9.17) is 4.74 Å². The lowest BCUT2D eigenvalue weighted by Crippen LogP contribution is -2.34. The molecule has 0 aliphatic carbocycles. The van der Waals surface area contributed by atoms with Crippen LogP contribution in [0.5, 0.6) is 0 Å². The van der Waals surface area contributed by atoms with Crippen molar-refractivity contribution in [2.45, 2.75) is 25.9 Å². The maximum atomic E-state index is 10.8. The molecular formula is C12H19N3O4. The smallest absolute Gasteiger partial charge is 0.277 e. The highest BCUT2D eigenvalue weighted by molar-refractivity contribution is 5.49. The van der Waals surface area contributed by atoms with Crippen molar-refractivity contribution in [3.8, 4) is 0 Å². The Hall–Kier alpha value is -1.73. The highest BCUT2D eigenvalue weighted by Gasteiger charge is 2.20. The van der Waals surface area contributed by atoms with Crippen LogP contribution in [0.25, 0.3) is 0 Å². The monoisotopic (exact) mass is 269 g/mol. The summed E-state index contributed by atoms with van der Waals surface area (Å²) < 4.78 is 4.90. The fourth-order valence-electron chi connectivity index (χ4n) is 1.50. The molecule has 7 nitrogen and oxygen atoms in total. The van der Waals surface area contributed by atoms with Gasteiger partial charge in [0.15, 0.2) is 0 Å². The summed E-state index contributed by atoms with van der Waals surface area (Å²) in [5.74, 6) is 0.370. The van der Waals surface area contributed by atoms with Crippen LogP contribution in [0.2, 0.25) is 0 Å². The predicted octanol–water partition coefficient (Wildman–Crippen LogP) is 1.50. The van der Waals surface area contributed by atoms with Gasteiger partial charge in [-0.15, -0.1) is 0 Å². The summed E-state index contributed by atoms with van der Waals surface area (Å²) in [7, 11) is 1.56. The molecule has 106 valence electrons. The van der Waals surface area contributed by atoms with E-state index in [1.165, 1.54) is 12.3 Å². The van der Waals surface area contributed by atoms with Crippen LogP contribution in [0, 0.1) is 17.0 Å².